The summed E-state index contributed by atoms with van der Waals surface area (Å²) in [5.74, 6) is -0.263. The summed E-state index contributed by atoms with van der Waals surface area (Å²) in [6.45, 7) is 0. The lowest BCUT2D eigenvalue weighted by Gasteiger charge is -2.18. The van der Waals surface area contributed by atoms with Crippen molar-refractivity contribution in [2.75, 3.05) is 17.7 Å². The maximum Gasteiger partial charge on any atom is 0.261 e. The van der Waals surface area contributed by atoms with Crippen LogP contribution in [0.25, 0.3) is 0 Å². The van der Waals surface area contributed by atoms with Crippen LogP contribution in [0.4, 0.5) is 11.4 Å². The predicted molar refractivity (Wildman–Crippen MR) is 72.5 cm³/mol. The summed E-state index contributed by atoms with van der Waals surface area (Å²) < 4.78 is 0. The van der Waals surface area contributed by atoms with Gasteiger partial charge in [-0.2, -0.15) is 5.26 Å². The van der Waals surface area contributed by atoms with Crippen LogP contribution in [0.3, 0.4) is 0 Å². The van der Waals surface area contributed by atoms with Gasteiger partial charge in [0.2, 0.25) is 0 Å². The van der Waals surface area contributed by atoms with Gasteiger partial charge in [-0.25, -0.2) is 0 Å². The van der Waals surface area contributed by atoms with Gasteiger partial charge in [0, 0.05) is 30.8 Å². The number of nitrogen functional groups attached to an aromatic ring is 1. The Morgan fingerprint density at radius 2 is 2.21 bits per heavy atom. The number of nitriles is 1. The first-order valence-electron chi connectivity index (χ1n) is 5.61. The first-order valence-corrected chi connectivity index (χ1v) is 5.61. The molecule has 2 N–H and O–H groups in total. The Balaban J connectivity index is 2.34. The Labute approximate surface area is 110 Å². The largest absolute Gasteiger partial charge is 0.398 e. The number of anilines is 2. The average Bonchev–Trinajstić information content (AvgIpc) is 2.46. The van der Waals surface area contributed by atoms with E-state index in [-0.39, 0.29) is 5.91 Å². The van der Waals surface area contributed by atoms with Crippen LogP contribution in [0.2, 0.25) is 0 Å². The van der Waals surface area contributed by atoms with Gasteiger partial charge in [0.25, 0.3) is 5.91 Å². The van der Waals surface area contributed by atoms with Crippen molar-refractivity contribution in [2.45, 2.75) is 0 Å². The number of nitrogens with two attached hydrogens (primary N) is 1. The molecule has 0 unspecified atom stereocenters. The molecule has 0 aliphatic heterocycles. The molecule has 0 bridgehead atoms. The summed E-state index contributed by atoms with van der Waals surface area (Å²) in [7, 11) is 1.63. The smallest absolute Gasteiger partial charge is 0.261 e. The quantitative estimate of drug-likeness (QED) is 0.883. The van der Waals surface area contributed by atoms with Crippen LogP contribution < -0.4 is 10.6 Å². The molecule has 19 heavy (non-hydrogen) atoms. The van der Waals surface area contributed by atoms with Gasteiger partial charge < -0.3 is 10.6 Å². The molecule has 0 fully saturated rings. The van der Waals surface area contributed by atoms with Gasteiger partial charge in [0.15, 0.2) is 0 Å². The van der Waals surface area contributed by atoms with Gasteiger partial charge >= 0.3 is 0 Å². The number of amides is 1. The lowest BCUT2D eigenvalue weighted by atomic mass is 10.1. The number of benzene rings is 1. The fourth-order valence-electron chi connectivity index (χ4n) is 1.67. The Kier molecular flexibility index (Phi) is 3.44. The van der Waals surface area contributed by atoms with Crippen molar-refractivity contribution in [2.24, 2.45) is 0 Å². The van der Waals surface area contributed by atoms with E-state index >= 15 is 0 Å². The molecule has 5 nitrogen and oxygen atoms in total. The van der Waals surface area contributed by atoms with E-state index < -0.39 is 0 Å². The van der Waals surface area contributed by atoms with Crippen LogP contribution in [0.1, 0.15) is 15.9 Å². The third kappa shape index (κ3) is 2.53. The first-order chi connectivity index (χ1) is 9.13. The van der Waals surface area contributed by atoms with E-state index in [1.165, 1.54) is 17.3 Å². The molecular weight excluding hydrogens is 240 g/mol. The highest BCUT2D eigenvalue weighted by Gasteiger charge is 2.16. The van der Waals surface area contributed by atoms with Crippen LogP contribution in [-0.2, 0) is 0 Å². The Hall–Kier alpha value is -2.87. The summed E-state index contributed by atoms with van der Waals surface area (Å²) in [5, 5.41) is 8.86. The molecule has 0 aliphatic carbocycles. The van der Waals surface area contributed by atoms with Crippen molar-refractivity contribution >= 4 is 17.3 Å². The number of carbonyl (C=O) groups is 1. The first kappa shape index (κ1) is 12.6. The summed E-state index contributed by atoms with van der Waals surface area (Å²) >= 11 is 0. The second-order valence-corrected chi connectivity index (χ2v) is 3.99. The maximum atomic E-state index is 12.3. The fourth-order valence-corrected chi connectivity index (χ4v) is 1.67. The van der Waals surface area contributed by atoms with Gasteiger partial charge in [-0.05, 0) is 24.3 Å². The molecule has 1 aromatic heterocycles. The van der Waals surface area contributed by atoms with Crippen molar-refractivity contribution in [3.8, 4) is 6.07 Å². The highest BCUT2D eigenvalue weighted by molar-refractivity contribution is 6.08. The topological polar surface area (TPSA) is 83.0 Å². The average molecular weight is 252 g/mol. The third-order valence-corrected chi connectivity index (χ3v) is 2.75. The van der Waals surface area contributed by atoms with Gasteiger partial charge in [-0.3, -0.25) is 9.78 Å². The summed E-state index contributed by atoms with van der Waals surface area (Å²) in [6.07, 6.45) is 2.96. The third-order valence-electron chi connectivity index (χ3n) is 2.75. The molecule has 0 saturated carbocycles. The van der Waals surface area contributed by atoms with Crippen LogP contribution in [-0.4, -0.2) is 17.9 Å². The highest BCUT2D eigenvalue weighted by Crippen LogP contribution is 2.19. The van der Waals surface area contributed by atoms with E-state index in [1.807, 2.05) is 6.07 Å². The van der Waals surface area contributed by atoms with E-state index in [2.05, 4.69) is 4.98 Å². The van der Waals surface area contributed by atoms with Crippen LogP contribution >= 0.6 is 0 Å². The summed E-state index contributed by atoms with van der Waals surface area (Å²) in [4.78, 5) is 17.6. The van der Waals surface area contributed by atoms with E-state index in [1.54, 1.807) is 37.4 Å². The Morgan fingerprint density at radius 3 is 2.89 bits per heavy atom. The number of pyridine rings is 1. The lowest BCUT2D eigenvalue weighted by Crippen LogP contribution is -2.27. The molecule has 0 radical (unpaired) electrons. The Morgan fingerprint density at radius 1 is 1.42 bits per heavy atom. The molecule has 0 aliphatic rings. The maximum absolute atomic E-state index is 12.3. The van der Waals surface area contributed by atoms with Crippen molar-refractivity contribution in [1.29, 1.82) is 5.26 Å². The van der Waals surface area contributed by atoms with E-state index in [0.717, 1.165) is 0 Å². The van der Waals surface area contributed by atoms with Crippen LogP contribution in [0.15, 0.2) is 42.7 Å². The van der Waals surface area contributed by atoms with Gasteiger partial charge in [-0.1, -0.05) is 6.07 Å². The highest BCUT2D eigenvalue weighted by atomic mass is 16.2. The zero-order valence-electron chi connectivity index (χ0n) is 10.4. The number of carbonyl (C=O) groups excluding carboxylic acids is 1. The molecular formula is C14H12N4O. The number of rotatable bonds is 2. The normalized spacial score (nSPS) is 9.68. The fraction of sp³-hybridized carbons (Fsp3) is 0.0714. The standard InChI is InChI=1S/C14H12N4O/c1-18(11-4-2-3-10(7-11)8-15)14(19)12-9-17-6-5-13(12)16/h2-7,9H,1H3,(H2,16,17). The van der Waals surface area contributed by atoms with E-state index in [9.17, 15) is 4.79 Å². The molecule has 1 aromatic carbocycles. The van der Waals surface area contributed by atoms with Crippen molar-refractivity contribution < 1.29 is 4.79 Å². The zero-order chi connectivity index (χ0) is 13.8. The van der Waals surface area contributed by atoms with Crippen molar-refractivity contribution in [1.82, 2.24) is 4.98 Å². The summed E-state index contributed by atoms with van der Waals surface area (Å²) in [6, 6.07) is 10.4. The minimum atomic E-state index is -0.263. The zero-order valence-corrected chi connectivity index (χ0v) is 10.4. The Bertz CT molecular complexity index is 660. The van der Waals surface area contributed by atoms with Crippen molar-refractivity contribution in [3.63, 3.8) is 0 Å². The minimum Gasteiger partial charge on any atom is -0.398 e. The van der Waals surface area contributed by atoms with Gasteiger partial charge in [0.1, 0.15) is 0 Å². The predicted octanol–water partition coefficient (Wildman–Crippen LogP) is 1.81. The molecule has 2 aromatic rings. The monoisotopic (exact) mass is 252 g/mol. The summed E-state index contributed by atoms with van der Waals surface area (Å²) in [5.41, 5.74) is 7.60. The van der Waals surface area contributed by atoms with E-state index in [4.69, 9.17) is 11.0 Å². The second-order valence-electron chi connectivity index (χ2n) is 3.99. The van der Waals surface area contributed by atoms with E-state index in [0.29, 0.717) is 22.5 Å². The van der Waals surface area contributed by atoms with Gasteiger partial charge in [0.05, 0.1) is 17.2 Å². The number of aromatic nitrogens is 1. The SMILES string of the molecule is CN(C(=O)c1cnccc1N)c1cccc(C#N)c1. The molecule has 2 rings (SSSR count). The molecule has 0 atom stereocenters. The van der Waals surface area contributed by atoms with Crippen LogP contribution in [0, 0.1) is 11.3 Å². The van der Waals surface area contributed by atoms with Crippen molar-refractivity contribution in [3.05, 3.63) is 53.9 Å². The molecule has 5 heteroatoms. The molecule has 0 spiro atoms. The van der Waals surface area contributed by atoms with Crippen LogP contribution in [0.5, 0.6) is 0 Å². The molecule has 94 valence electrons. The second kappa shape index (κ2) is 5.19. The molecule has 0 saturated heterocycles. The molecule has 1 amide bonds. The number of nitrogens with zero attached hydrogens (tertiary/aromatic N) is 3. The lowest BCUT2D eigenvalue weighted by molar-refractivity contribution is 0.0993. The van der Waals surface area contributed by atoms with Gasteiger partial charge in [-0.15, -0.1) is 0 Å². The number of hydrogen-bond donors (Lipinski definition) is 1. The minimum absolute atomic E-state index is 0.263. The number of hydrogen-bond acceptors (Lipinski definition) is 4. The molecule has 1 heterocycles.